The van der Waals surface area contributed by atoms with Crippen molar-refractivity contribution in [1.29, 1.82) is 0 Å². The summed E-state index contributed by atoms with van der Waals surface area (Å²) in [5.74, 6) is -1.02. The van der Waals surface area contributed by atoms with Crippen molar-refractivity contribution in [3.63, 3.8) is 0 Å². The molecule has 0 saturated heterocycles. The second kappa shape index (κ2) is 14.8. The van der Waals surface area contributed by atoms with Crippen molar-refractivity contribution in [1.82, 2.24) is 0 Å². The van der Waals surface area contributed by atoms with Crippen LogP contribution in [0.15, 0.2) is 0 Å². The van der Waals surface area contributed by atoms with Crippen LogP contribution in [0.5, 0.6) is 0 Å². The molecule has 0 aromatic carbocycles. The number of hydrogen-bond acceptors (Lipinski definition) is 13. The Bertz CT molecular complexity index is 658. The minimum atomic E-state index is -4.80. The lowest BCUT2D eigenvalue weighted by molar-refractivity contribution is -0.234. The smallest absolute Gasteiger partial charge is 0.325 e. The van der Waals surface area contributed by atoms with E-state index in [4.69, 9.17) is 9.42 Å². The average molecular weight is 547 g/mol. The molecule has 0 aromatic heterocycles. The normalized spacial score (nSPS) is 21.6. The molecular weight excluding hydrogens is 516 g/mol. The van der Waals surface area contributed by atoms with Gasteiger partial charge >= 0.3 is 7.60 Å². The number of hydrogen-bond donors (Lipinski definition) is 1. The van der Waals surface area contributed by atoms with Crippen molar-refractivity contribution in [2.45, 2.75) is 26.7 Å². The molecule has 0 rings (SSSR count). The van der Waals surface area contributed by atoms with E-state index < -0.39 is 55.9 Å². The van der Waals surface area contributed by atoms with Gasteiger partial charge in [-0.25, -0.2) is 0 Å². The maximum absolute atomic E-state index is 11.7. The summed E-state index contributed by atoms with van der Waals surface area (Å²) in [5, 5.41) is 0. The molecule has 0 aliphatic heterocycles. The lowest BCUT2D eigenvalue weighted by Gasteiger charge is -2.28. The van der Waals surface area contributed by atoms with Crippen molar-refractivity contribution < 1.29 is 65.0 Å². The van der Waals surface area contributed by atoms with Gasteiger partial charge in [-0.1, -0.05) is 13.8 Å². The number of phosphoric acid groups is 2. The molecule has 32 heavy (non-hydrogen) atoms. The van der Waals surface area contributed by atoms with E-state index in [1.165, 1.54) is 0 Å². The Morgan fingerprint density at radius 3 is 1.31 bits per heavy atom. The Morgan fingerprint density at radius 2 is 1.00 bits per heavy atom. The van der Waals surface area contributed by atoms with Gasteiger partial charge in [0, 0.05) is 25.2 Å². The lowest BCUT2D eigenvalue weighted by atomic mass is 10.1. The van der Waals surface area contributed by atoms with E-state index in [2.05, 4.69) is 22.6 Å². The summed E-state index contributed by atoms with van der Waals surface area (Å²) in [4.78, 5) is 43.5. The van der Waals surface area contributed by atoms with E-state index in [1.54, 1.807) is 13.8 Å². The number of rotatable bonds is 19. The van der Waals surface area contributed by atoms with Gasteiger partial charge in [0.25, 0.3) is 15.6 Å². The van der Waals surface area contributed by atoms with Crippen molar-refractivity contribution in [2.24, 2.45) is 11.8 Å². The van der Waals surface area contributed by atoms with Gasteiger partial charge in [0.2, 0.25) is 0 Å². The Balaban J connectivity index is 4.30. The Hall–Kier alpha value is 0.520. The zero-order chi connectivity index (χ0) is 25.1. The quantitative estimate of drug-likeness (QED) is 0.177. The Kier molecular flexibility index (Phi) is 15.1. The molecule has 14 nitrogen and oxygen atoms in total. The molecule has 6 atom stereocenters. The maximum Gasteiger partial charge on any atom is 0.325 e. The lowest BCUT2D eigenvalue weighted by Crippen LogP contribution is -2.20. The first-order valence-electron chi connectivity index (χ1n) is 9.56. The minimum Gasteiger partial charge on any atom is -0.779 e. The molecule has 0 bridgehead atoms. The highest BCUT2D eigenvalue weighted by Crippen LogP contribution is 2.42. The average Bonchev–Trinajstić information content (AvgIpc) is 2.64. The van der Waals surface area contributed by atoms with E-state index in [1.807, 2.05) is 0 Å². The summed E-state index contributed by atoms with van der Waals surface area (Å²) in [5.41, 5.74) is 0. The Labute approximate surface area is 187 Å². The predicted molar refractivity (Wildman–Crippen MR) is 108 cm³/mol. The second-order valence-corrected chi connectivity index (χ2v) is 13.4. The Morgan fingerprint density at radius 1 is 0.656 bits per heavy atom. The van der Waals surface area contributed by atoms with Crippen LogP contribution in [0.4, 0.5) is 0 Å². The first kappa shape index (κ1) is 32.5. The van der Waals surface area contributed by atoms with Gasteiger partial charge in [-0.3, -0.25) is 13.7 Å². The molecule has 6 unspecified atom stereocenters. The van der Waals surface area contributed by atoms with Crippen LogP contribution in [-0.2, 0) is 45.4 Å². The summed E-state index contributed by atoms with van der Waals surface area (Å²) in [7, 11) is -17.3. The van der Waals surface area contributed by atoms with Gasteiger partial charge in [0.1, 0.15) is 7.60 Å². The van der Waals surface area contributed by atoms with Gasteiger partial charge in [-0.2, -0.15) is 0 Å². The van der Waals surface area contributed by atoms with E-state index in [-0.39, 0.29) is 26.4 Å². The predicted octanol–water partition coefficient (Wildman–Crippen LogP) is 1.07. The molecule has 0 heterocycles. The first-order chi connectivity index (χ1) is 14.5. The highest BCUT2D eigenvalue weighted by atomic mass is 31.2. The third-order valence-corrected chi connectivity index (χ3v) is 6.94. The van der Waals surface area contributed by atoms with Crippen molar-refractivity contribution in [2.75, 3.05) is 53.0 Å². The second-order valence-electron chi connectivity index (χ2n) is 6.87. The van der Waals surface area contributed by atoms with Crippen molar-refractivity contribution in [3.05, 3.63) is 0 Å². The maximum atomic E-state index is 11.7. The van der Waals surface area contributed by atoms with Gasteiger partial charge < -0.3 is 51.3 Å². The van der Waals surface area contributed by atoms with Gasteiger partial charge in [0.15, 0.2) is 0 Å². The van der Waals surface area contributed by atoms with Crippen LogP contribution in [0, 0.1) is 11.8 Å². The zero-order valence-corrected chi connectivity index (χ0v) is 21.9. The van der Waals surface area contributed by atoms with E-state index in [9.17, 15) is 32.9 Å². The largest absolute Gasteiger partial charge is 0.779 e. The highest BCUT2D eigenvalue weighted by molar-refractivity contribution is 7.51. The molecule has 0 amide bonds. The van der Waals surface area contributed by atoms with Crippen molar-refractivity contribution in [3.8, 4) is 0 Å². The van der Waals surface area contributed by atoms with E-state index in [0.29, 0.717) is 12.8 Å². The molecule has 0 aliphatic carbocycles. The molecule has 1 N–H and O–H groups in total. The van der Waals surface area contributed by atoms with Crippen LogP contribution in [0.2, 0.25) is 0 Å². The fraction of sp³-hybridized carbons (Fsp3) is 1.00. The van der Waals surface area contributed by atoms with Crippen LogP contribution in [0.3, 0.4) is 0 Å². The van der Waals surface area contributed by atoms with Crippen LogP contribution in [-0.4, -0.2) is 57.9 Å². The highest BCUT2D eigenvalue weighted by Gasteiger charge is 2.19. The standard InChI is InChI=1S/C14H34O14P4/c1-5-13(9-25-29(3,15)16)11-27-31(19,20)23-7-8-24-32(21,22)28-12-14(6-2)10-26-30(4,17)18/h13-14H,5-12H2,1-4H3,(H,15,16)(H,17,18)(H,19,20)(H,21,22)/p-3. The van der Waals surface area contributed by atoms with Crippen LogP contribution in [0.25, 0.3) is 0 Å². The van der Waals surface area contributed by atoms with Gasteiger partial charge in [-0.15, -0.1) is 0 Å². The summed E-state index contributed by atoms with van der Waals surface area (Å²) >= 11 is 0. The topological polar surface area (TPSA) is 213 Å². The molecule has 0 aromatic rings. The molecular formula is C14H31O14P4-3. The van der Waals surface area contributed by atoms with Gasteiger partial charge in [-0.05, 0) is 12.8 Å². The van der Waals surface area contributed by atoms with Crippen LogP contribution >= 0.6 is 30.8 Å². The van der Waals surface area contributed by atoms with Crippen LogP contribution in [0.1, 0.15) is 26.7 Å². The molecule has 0 radical (unpaired) electrons. The first-order valence-corrected chi connectivity index (χ1v) is 16.5. The minimum absolute atomic E-state index is 0.199. The third kappa shape index (κ3) is 18.9. The molecule has 194 valence electrons. The van der Waals surface area contributed by atoms with Crippen LogP contribution < -0.4 is 14.7 Å². The summed E-state index contributed by atoms with van der Waals surface area (Å²) in [6.45, 7) is 2.68. The summed E-state index contributed by atoms with van der Waals surface area (Å²) < 4.78 is 73.2. The summed E-state index contributed by atoms with van der Waals surface area (Å²) in [6.07, 6.45) is 0.770. The monoisotopic (exact) mass is 547 g/mol. The number of phosphoric ester groups is 2. The molecule has 0 fully saturated rings. The molecule has 0 saturated carbocycles. The fourth-order valence-electron chi connectivity index (χ4n) is 1.82. The SMILES string of the molecule is CCC(COP(C)(=O)[O-])COP(=O)([O-])OCCOP(=O)([O-])OCC(CC)COP(C)(=O)O. The van der Waals surface area contributed by atoms with E-state index in [0.717, 1.165) is 13.3 Å². The zero-order valence-electron chi connectivity index (χ0n) is 18.4. The third-order valence-electron chi connectivity index (χ3n) is 3.77. The molecule has 0 aliphatic rings. The summed E-state index contributed by atoms with van der Waals surface area (Å²) in [6, 6.07) is 0. The van der Waals surface area contributed by atoms with Crippen molar-refractivity contribution >= 4 is 30.8 Å². The molecule has 0 spiro atoms. The molecule has 18 heteroatoms. The van der Waals surface area contributed by atoms with E-state index >= 15 is 0 Å². The fourth-order valence-corrected chi connectivity index (χ4v) is 4.32. The van der Waals surface area contributed by atoms with Gasteiger partial charge in [0.05, 0.1) is 39.6 Å².